The first kappa shape index (κ1) is 18.0. The number of aromatic nitrogens is 2. The average molecular weight is 374 g/mol. The number of nitrogens with zero attached hydrogens (tertiary/aromatic N) is 2. The van der Waals surface area contributed by atoms with Gasteiger partial charge in [0.05, 0.1) is 5.69 Å². The van der Waals surface area contributed by atoms with Crippen molar-refractivity contribution in [2.45, 2.75) is 32.7 Å². The van der Waals surface area contributed by atoms with Gasteiger partial charge in [0, 0.05) is 22.6 Å². The number of nitrogens with one attached hydrogen (secondary N) is 2. The third-order valence-corrected chi connectivity index (χ3v) is 4.91. The van der Waals surface area contributed by atoms with Crippen LogP contribution in [0, 0.1) is 6.92 Å². The normalized spacial score (nSPS) is 12.5. The fourth-order valence-corrected chi connectivity index (χ4v) is 3.50. The highest BCUT2D eigenvalue weighted by Crippen LogP contribution is 2.19. The van der Waals surface area contributed by atoms with Gasteiger partial charge in [-0.3, -0.25) is 14.2 Å². The zero-order valence-corrected chi connectivity index (χ0v) is 15.7. The van der Waals surface area contributed by atoms with Gasteiger partial charge in [-0.05, 0) is 62.6 Å². The number of para-hydroxylation sites is 1. The standard InChI is InChI=1S/C22H22N4O2/c1-15-23-20-9-5-8-19(20)22(28)26(15)14-21(27)25-18-12-10-17(11-13-18)24-16-6-3-2-4-7-16/h2-4,6-7,10-13,24H,5,8-9,14H2,1H3,(H,25,27). The Kier molecular flexibility index (Phi) is 4.93. The summed E-state index contributed by atoms with van der Waals surface area (Å²) >= 11 is 0. The predicted molar refractivity (Wildman–Crippen MR) is 110 cm³/mol. The lowest BCUT2D eigenvalue weighted by Gasteiger charge is -2.12. The van der Waals surface area contributed by atoms with Crippen molar-refractivity contribution in [3.8, 4) is 0 Å². The van der Waals surface area contributed by atoms with Crippen LogP contribution in [0.5, 0.6) is 0 Å². The van der Waals surface area contributed by atoms with Gasteiger partial charge in [0.15, 0.2) is 0 Å². The smallest absolute Gasteiger partial charge is 0.257 e. The van der Waals surface area contributed by atoms with E-state index in [4.69, 9.17) is 0 Å². The number of amides is 1. The quantitative estimate of drug-likeness (QED) is 0.717. The van der Waals surface area contributed by atoms with E-state index in [-0.39, 0.29) is 18.0 Å². The van der Waals surface area contributed by atoms with Crippen LogP contribution in [0.25, 0.3) is 0 Å². The second kappa shape index (κ2) is 7.68. The van der Waals surface area contributed by atoms with Crippen LogP contribution in [0.3, 0.4) is 0 Å². The van der Waals surface area contributed by atoms with Crippen LogP contribution in [0.15, 0.2) is 59.4 Å². The van der Waals surface area contributed by atoms with E-state index in [9.17, 15) is 9.59 Å². The molecule has 0 saturated carbocycles. The number of benzene rings is 2. The molecule has 2 N–H and O–H groups in total. The van der Waals surface area contributed by atoms with Gasteiger partial charge in [0.1, 0.15) is 12.4 Å². The third kappa shape index (κ3) is 3.81. The van der Waals surface area contributed by atoms with Crippen molar-refractivity contribution in [1.29, 1.82) is 0 Å². The van der Waals surface area contributed by atoms with E-state index < -0.39 is 0 Å². The monoisotopic (exact) mass is 374 g/mol. The van der Waals surface area contributed by atoms with Crippen molar-refractivity contribution in [2.24, 2.45) is 0 Å². The molecule has 1 amide bonds. The maximum atomic E-state index is 12.6. The molecule has 2 aromatic carbocycles. The summed E-state index contributed by atoms with van der Waals surface area (Å²) in [5.41, 5.74) is 4.17. The van der Waals surface area contributed by atoms with E-state index in [1.165, 1.54) is 4.57 Å². The summed E-state index contributed by atoms with van der Waals surface area (Å²) in [6.07, 6.45) is 2.55. The van der Waals surface area contributed by atoms with E-state index in [0.29, 0.717) is 11.5 Å². The Bertz CT molecular complexity index is 1060. The molecule has 1 heterocycles. The minimum absolute atomic E-state index is 0.0328. The minimum Gasteiger partial charge on any atom is -0.356 e. The molecule has 0 saturated heterocycles. The van der Waals surface area contributed by atoms with Crippen molar-refractivity contribution in [3.63, 3.8) is 0 Å². The fourth-order valence-electron chi connectivity index (χ4n) is 3.50. The molecule has 0 bridgehead atoms. The minimum atomic E-state index is -0.242. The predicted octanol–water partition coefficient (Wildman–Crippen LogP) is 3.42. The number of anilines is 3. The summed E-state index contributed by atoms with van der Waals surface area (Å²) < 4.78 is 1.46. The van der Waals surface area contributed by atoms with Gasteiger partial charge in [-0.1, -0.05) is 18.2 Å². The highest BCUT2D eigenvalue weighted by atomic mass is 16.2. The van der Waals surface area contributed by atoms with Crippen molar-refractivity contribution >= 4 is 23.0 Å². The molecule has 0 spiro atoms. The summed E-state index contributed by atoms with van der Waals surface area (Å²) in [6.45, 7) is 1.74. The maximum absolute atomic E-state index is 12.6. The molecule has 0 aliphatic heterocycles. The SMILES string of the molecule is Cc1nc2c(c(=O)n1CC(=O)Nc1ccc(Nc3ccccc3)cc1)CCC2. The van der Waals surface area contributed by atoms with Crippen LogP contribution in [0.1, 0.15) is 23.5 Å². The topological polar surface area (TPSA) is 76.0 Å². The van der Waals surface area contributed by atoms with Gasteiger partial charge in [-0.15, -0.1) is 0 Å². The molecule has 1 aliphatic carbocycles. The van der Waals surface area contributed by atoms with E-state index in [0.717, 1.165) is 41.9 Å². The lowest BCUT2D eigenvalue weighted by Crippen LogP contribution is -2.32. The average Bonchev–Trinajstić information content (AvgIpc) is 3.16. The van der Waals surface area contributed by atoms with Gasteiger partial charge >= 0.3 is 0 Å². The van der Waals surface area contributed by atoms with Gasteiger partial charge in [0.2, 0.25) is 5.91 Å². The third-order valence-electron chi connectivity index (χ3n) is 4.91. The van der Waals surface area contributed by atoms with Crippen molar-refractivity contribution < 1.29 is 4.79 Å². The molecule has 28 heavy (non-hydrogen) atoms. The second-order valence-corrected chi connectivity index (χ2v) is 6.95. The van der Waals surface area contributed by atoms with Crippen LogP contribution in [0.4, 0.5) is 17.1 Å². The lowest BCUT2D eigenvalue weighted by molar-refractivity contribution is -0.116. The number of carbonyl (C=O) groups is 1. The molecule has 0 unspecified atom stereocenters. The van der Waals surface area contributed by atoms with Crippen molar-refractivity contribution in [2.75, 3.05) is 10.6 Å². The Morgan fingerprint density at radius 2 is 1.68 bits per heavy atom. The first-order valence-corrected chi connectivity index (χ1v) is 9.41. The molecule has 6 heteroatoms. The molecule has 0 fully saturated rings. The highest BCUT2D eigenvalue weighted by molar-refractivity contribution is 5.90. The highest BCUT2D eigenvalue weighted by Gasteiger charge is 2.20. The summed E-state index contributed by atoms with van der Waals surface area (Å²) in [7, 11) is 0. The zero-order valence-electron chi connectivity index (χ0n) is 15.7. The molecule has 142 valence electrons. The molecule has 3 aromatic rings. The number of hydrogen-bond acceptors (Lipinski definition) is 4. The van der Waals surface area contributed by atoms with E-state index in [2.05, 4.69) is 15.6 Å². The molecular weight excluding hydrogens is 352 g/mol. The maximum Gasteiger partial charge on any atom is 0.257 e. The number of aryl methyl sites for hydroxylation is 2. The van der Waals surface area contributed by atoms with Crippen LogP contribution < -0.4 is 16.2 Å². The molecule has 1 aliphatic rings. The Hall–Kier alpha value is -3.41. The summed E-state index contributed by atoms with van der Waals surface area (Å²) in [5, 5.41) is 6.15. The molecule has 4 rings (SSSR count). The molecule has 0 atom stereocenters. The van der Waals surface area contributed by atoms with Crippen LogP contribution in [-0.4, -0.2) is 15.5 Å². The Morgan fingerprint density at radius 3 is 2.43 bits per heavy atom. The van der Waals surface area contributed by atoms with Crippen LogP contribution in [0.2, 0.25) is 0 Å². The van der Waals surface area contributed by atoms with Crippen molar-refractivity contribution in [3.05, 3.63) is 82.0 Å². The number of fused-ring (bicyclic) bond motifs is 1. The summed E-state index contributed by atoms with van der Waals surface area (Å²) in [6, 6.07) is 17.3. The zero-order chi connectivity index (χ0) is 19.5. The Balaban J connectivity index is 1.43. The Morgan fingerprint density at radius 1 is 1.00 bits per heavy atom. The first-order chi connectivity index (χ1) is 13.6. The number of hydrogen-bond donors (Lipinski definition) is 2. The van der Waals surface area contributed by atoms with E-state index in [1.807, 2.05) is 54.6 Å². The van der Waals surface area contributed by atoms with Gasteiger partial charge in [-0.2, -0.15) is 0 Å². The van der Waals surface area contributed by atoms with Crippen molar-refractivity contribution in [1.82, 2.24) is 9.55 Å². The second-order valence-electron chi connectivity index (χ2n) is 6.95. The van der Waals surface area contributed by atoms with Crippen LogP contribution in [-0.2, 0) is 24.2 Å². The fraction of sp³-hybridized carbons (Fsp3) is 0.227. The summed E-state index contributed by atoms with van der Waals surface area (Å²) in [4.78, 5) is 29.6. The van der Waals surface area contributed by atoms with Gasteiger partial charge in [-0.25, -0.2) is 4.98 Å². The van der Waals surface area contributed by atoms with Gasteiger partial charge in [0.25, 0.3) is 5.56 Å². The van der Waals surface area contributed by atoms with Crippen LogP contribution >= 0.6 is 0 Å². The molecular formula is C22H22N4O2. The van der Waals surface area contributed by atoms with E-state index in [1.54, 1.807) is 6.92 Å². The number of carbonyl (C=O) groups excluding carboxylic acids is 1. The Labute approximate surface area is 163 Å². The summed E-state index contributed by atoms with van der Waals surface area (Å²) in [5.74, 6) is 0.344. The van der Waals surface area contributed by atoms with Gasteiger partial charge < -0.3 is 10.6 Å². The molecule has 1 aromatic heterocycles. The number of rotatable bonds is 5. The van der Waals surface area contributed by atoms with E-state index >= 15 is 0 Å². The lowest BCUT2D eigenvalue weighted by atomic mass is 10.2. The largest absolute Gasteiger partial charge is 0.356 e. The molecule has 6 nitrogen and oxygen atoms in total. The molecule has 0 radical (unpaired) electrons. The first-order valence-electron chi connectivity index (χ1n) is 9.41.